The second-order valence-electron chi connectivity index (χ2n) is 6.48. The minimum atomic E-state index is -0.134. The molecule has 9 heteroatoms. The molecule has 6 nitrogen and oxygen atoms in total. The molecule has 0 N–H and O–H groups in total. The number of nitrogens with zero attached hydrogens (tertiary/aromatic N) is 4. The summed E-state index contributed by atoms with van der Waals surface area (Å²) < 4.78 is 5.74. The molecule has 0 saturated carbocycles. The number of hydrogen-bond donors (Lipinski definition) is 0. The van der Waals surface area contributed by atoms with Crippen LogP contribution in [0.15, 0.2) is 63.6 Å². The summed E-state index contributed by atoms with van der Waals surface area (Å²) in [4.78, 5) is 18.4. The number of amides is 1. The molecule has 152 valence electrons. The first-order valence-electron chi connectivity index (χ1n) is 9.03. The summed E-state index contributed by atoms with van der Waals surface area (Å²) in [7, 11) is 0. The van der Waals surface area contributed by atoms with E-state index >= 15 is 0 Å². The number of halogens is 1. The molecule has 0 aliphatic carbocycles. The largest absolute Gasteiger partial charge is 0.411 e. The minimum absolute atomic E-state index is 0.134. The molecule has 0 radical (unpaired) electrons. The lowest BCUT2D eigenvalue weighted by atomic mass is 10.1. The highest BCUT2D eigenvalue weighted by atomic mass is 35.5. The molecule has 0 bridgehead atoms. The first-order chi connectivity index (χ1) is 14.5. The van der Waals surface area contributed by atoms with Crippen molar-refractivity contribution < 1.29 is 9.21 Å². The molecule has 0 atom stereocenters. The van der Waals surface area contributed by atoms with E-state index in [1.165, 1.54) is 35.6 Å². The predicted molar refractivity (Wildman–Crippen MR) is 120 cm³/mol. The number of aromatic nitrogens is 3. The Balaban J connectivity index is 1.46. The van der Waals surface area contributed by atoms with Crippen LogP contribution < -0.4 is 4.90 Å². The number of carbonyl (C=O) groups is 1. The summed E-state index contributed by atoms with van der Waals surface area (Å²) in [6.07, 6.45) is 0. The van der Waals surface area contributed by atoms with Crippen LogP contribution in [0, 0.1) is 6.92 Å². The van der Waals surface area contributed by atoms with Crippen molar-refractivity contribution >= 4 is 51.4 Å². The van der Waals surface area contributed by atoms with Crippen molar-refractivity contribution in [1.29, 1.82) is 0 Å². The maximum absolute atomic E-state index is 12.2. The fraction of sp³-hybridized carbons (Fsp3) is 0.143. The van der Waals surface area contributed by atoms with Crippen molar-refractivity contribution in [2.24, 2.45) is 0 Å². The lowest BCUT2D eigenvalue weighted by Gasteiger charge is -2.18. The fourth-order valence-corrected chi connectivity index (χ4v) is 4.56. The molecule has 0 saturated heterocycles. The van der Waals surface area contributed by atoms with Crippen LogP contribution in [0.2, 0.25) is 5.02 Å². The third-order valence-electron chi connectivity index (χ3n) is 4.16. The van der Waals surface area contributed by atoms with Crippen LogP contribution in [0.3, 0.4) is 0 Å². The highest BCUT2D eigenvalue weighted by molar-refractivity contribution is 7.98. The number of hydrogen-bond acceptors (Lipinski definition) is 7. The lowest BCUT2D eigenvalue weighted by molar-refractivity contribution is -0.115. The molecular formula is C21H17ClN4O2S2. The Hall–Kier alpha value is -2.68. The molecule has 0 unspecified atom stereocenters. The lowest BCUT2D eigenvalue weighted by Crippen LogP contribution is -2.22. The minimum Gasteiger partial charge on any atom is -0.411 e. The first kappa shape index (κ1) is 20.6. The van der Waals surface area contributed by atoms with Crippen LogP contribution in [0.4, 0.5) is 10.8 Å². The van der Waals surface area contributed by atoms with E-state index in [0.29, 0.717) is 32.7 Å². The van der Waals surface area contributed by atoms with Gasteiger partial charge >= 0.3 is 0 Å². The average Bonchev–Trinajstić information content (AvgIpc) is 3.37. The van der Waals surface area contributed by atoms with E-state index in [0.717, 1.165) is 11.3 Å². The topological polar surface area (TPSA) is 72.1 Å². The van der Waals surface area contributed by atoms with Crippen molar-refractivity contribution in [1.82, 2.24) is 15.2 Å². The van der Waals surface area contributed by atoms with Crippen molar-refractivity contribution in [3.8, 4) is 11.5 Å². The second-order valence-corrected chi connectivity index (χ2v) is 8.68. The van der Waals surface area contributed by atoms with Gasteiger partial charge in [0.1, 0.15) is 0 Å². The van der Waals surface area contributed by atoms with Crippen LogP contribution in [0.25, 0.3) is 11.5 Å². The monoisotopic (exact) mass is 456 g/mol. The number of benzene rings is 2. The van der Waals surface area contributed by atoms with E-state index < -0.39 is 0 Å². The molecule has 4 rings (SSSR count). The smallest absolute Gasteiger partial charge is 0.277 e. The van der Waals surface area contributed by atoms with E-state index in [1.54, 1.807) is 23.1 Å². The molecule has 0 aliphatic heterocycles. The van der Waals surface area contributed by atoms with E-state index in [2.05, 4.69) is 15.2 Å². The molecule has 0 fully saturated rings. The Kier molecular flexibility index (Phi) is 6.17. The Bertz CT molecular complexity index is 1170. The summed E-state index contributed by atoms with van der Waals surface area (Å²) in [6, 6.07) is 15.1. The second kappa shape index (κ2) is 8.99. The number of aryl methyl sites for hydroxylation is 1. The van der Waals surface area contributed by atoms with Gasteiger partial charge in [0, 0.05) is 28.6 Å². The third-order valence-corrected chi connectivity index (χ3v) is 6.12. The molecular weight excluding hydrogens is 440 g/mol. The number of thiazole rings is 1. The Morgan fingerprint density at radius 3 is 2.73 bits per heavy atom. The molecule has 0 aliphatic rings. The van der Waals surface area contributed by atoms with Gasteiger partial charge in [0.25, 0.3) is 5.22 Å². The van der Waals surface area contributed by atoms with Gasteiger partial charge in [-0.2, -0.15) is 0 Å². The summed E-state index contributed by atoms with van der Waals surface area (Å²) in [5.74, 6) is 0.901. The maximum Gasteiger partial charge on any atom is 0.277 e. The number of carbonyl (C=O) groups excluding carboxylic acids is 1. The molecule has 2 heterocycles. The van der Waals surface area contributed by atoms with E-state index in [-0.39, 0.29) is 5.91 Å². The molecule has 2 aromatic carbocycles. The van der Waals surface area contributed by atoms with E-state index in [1.807, 2.05) is 42.6 Å². The summed E-state index contributed by atoms with van der Waals surface area (Å²) >= 11 is 8.88. The maximum atomic E-state index is 12.2. The number of rotatable bonds is 6. The van der Waals surface area contributed by atoms with Gasteiger partial charge < -0.3 is 4.42 Å². The standard InChI is InChI=1S/C21H17ClN4O2S2/c1-13-6-8-15(9-7-13)19-24-25-21(28-19)30-12-17-11-29-20(23-17)26(14(2)27)18-5-3-4-16(22)10-18/h3-11H,12H2,1-2H3. The van der Waals surface area contributed by atoms with Gasteiger partial charge in [-0.15, -0.1) is 21.5 Å². The zero-order chi connectivity index (χ0) is 21.1. The van der Waals surface area contributed by atoms with Gasteiger partial charge in [0.2, 0.25) is 11.8 Å². The van der Waals surface area contributed by atoms with Crippen molar-refractivity contribution in [3.63, 3.8) is 0 Å². The van der Waals surface area contributed by atoms with Gasteiger partial charge in [-0.25, -0.2) is 4.98 Å². The van der Waals surface area contributed by atoms with Crippen molar-refractivity contribution in [2.45, 2.75) is 24.8 Å². The van der Waals surface area contributed by atoms with Gasteiger partial charge in [-0.05, 0) is 37.3 Å². The SMILES string of the molecule is CC(=O)N(c1cccc(Cl)c1)c1nc(CSc2nnc(-c3ccc(C)cc3)o2)cs1. The zero-order valence-electron chi connectivity index (χ0n) is 16.2. The third kappa shape index (κ3) is 4.72. The van der Waals surface area contributed by atoms with Gasteiger partial charge in [-0.3, -0.25) is 9.69 Å². The van der Waals surface area contributed by atoms with Gasteiger partial charge in [-0.1, -0.05) is 47.1 Å². The Labute approximate surface area is 186 Å². The highest BCUT2D eigenvalue weighted by Gasteiger charge is 2.19. The van der Waals surface area contributed by atoms with Crippen molar-refractivity contribution in [3.05, 3.63) is 70.2 Å². The first-order valence-corrected chi connectivity index (χ1v) is 11.3. The normalized spacial score (nSPS) is 10.9. The zero-order valence-corrected chi connectivity index (χ0v) is 18.6. The van der Waals surface area contributed by atoms with Gasteiger partial charge in [0.05, 0.1) is 11.4 Å². The quantitative estimate of drug-likeness (QED) is 0.325. The number of thioether (sulfide) groups is 1. The number of anilines is 2. The molecule has 0 spiro atoms. The fourth-order valence-electron chi connectivity index (χ4n) is 2.72. The average molecular weight is 457 g/mol. The van der Waals surface area contributed by atoms with Crippen LogP contribution in [-0.4, -0.2) is 21.1 Å². The predicted octanol–water partition coefficient (Wildman–Crippen LogP) is 6.13. The summed E-state index contributed by atoms with van der Waals surface area (Å²) in [5.41, 5.74) is 3.56. The van der Waals surface area contributed by atoms with Gasteiger partial charge in [0.15, 0.2) is 5.13 Å². The molecule has 1 amide bonds. The highest BCUT2D eigenvalue weighted by Crippen LogP contribution is 2.32. The van der Waals surface area contributed by atoms with Crippen LogP contribution in [-0.2, 0) is 10.5 Å². The Morgan fingerprint density at radius 2 is 2.00 bits per heavy atom. The molecule has 30 heavy (non-hydrogen) atoms. The molecule has 4 aromatic rings. The van der Waals surface area contributed by atoms with Crippen LogP contribution in [0.1, 0.15) is 18.2 Å². The summed E-state index contributed by atoms with van der Waals surface area (Å²) in [6.45, 7) is 3.53. The summed E-state index contributed by atoms with van der Waals surface area (Å²) in [5, 5.41) is 11.8. The van der Waals surface area contributed by atoms with Crippen LogP contribution >= 0.6 is 34.7 Å². The van der Waals surface area contributed by atoms with E-state index in [4.69, 9.17) is 16.0 Å². The Morgan fingerprint density at radius 1 is 1.20 bits per heavy atom. The molecule has 2 aromatic heterocycles. The van der Waals surface area contributed by atoms with Crippen molar-refractivity contribution in [2.75, 3.05) is 4.90 Å². The van der Waals surface area contributed by atoms with E-state index in [9.17, 15) is 4.79 Å². The van der Waals surface area contributed by atoms with Crippen LogP contribution in [0.5, 0.6) is 0 Å².